The monoisotopic (exact) mass is 420 g/mol. The molecule has 30 heavy (non-hydrogen) atoms. The van der Waals surface area contributed by atoms with Crippen LogP contribution in [0.4, 0.5) is 0 Å². The van der Waals surface area contributed by atoms with E-state index < -0.39 is 0 Å². The lowest BCUT2D eigenvalue weighted by molar-refractivity contribution is 0.558. The molecule has 0 atom stereocenters. The van der Waals surface area contributed by atoms with Gasteiger partial charge in [0.25, 0.3) is 0 Å². The number of unbranched alkanes of at least 4 members (excludes halogenated alkanes) is 4. The molecule has 0 amide bonds. The molecular weight excluding hydrogens is 396 g/mol. The minimum atomic E-state index is 0.221. The zero-order chi connectivity index (χ0) is 23.0. The molecule has 0 aromatic carbocycles. The first-order valence-corrected chi connectivity index (χ1v) is 8.96. The van der Waals surface area contributed by atoms with E-state index in [4.69, 9.17) is 0 Å². The van der Waals surface area contributed by atoms with Crippen LogP contribution in [-0.4, -0.2) is 75.7 Å². The molecule has 0 spiro atoms. The minimum absolute atomic E-state index is 0.221. The van der Waals surface area contributed by atoms with E-state index in [1.54, 1.807) is 0 Å². The Balaban J connectivity index is -0.000000372. The first-order valence-electron chi connectivity index (χ1n) is 8.96. The molecule has 0 bridgehead atoms. The largest absolute Gasteiger partial charge is 0.235 e. The molecule has 0 aromatic rings. The van der Waals surface area contributed by atoms with Crippen molar-refractivity contribution in [1.29, 1.82) is 0 Å². The van der Waals surface area contributed by atoms with Crippen LogP contribution in [0.25, 0.3) is 0 Å². The number of nitrogens with zero attached hydrogens (tertiary/aromatic N) is 6. The van der Waals surface area contributed by atoms with Gasteiger partial charge in [0, 0.05) is 0 Å². The second-order valence-corrected chi connectivity index (χ2v) is 4.96. The number of carbonyl (C=O) groups excluding carboxylic acids is 6. The Morgan fingerprint density at radius 1 is 0.300 bits per heavy atom. The van der Waals surface area contributed by atoms with Gasteiger partial charge in [-0.1, -0.05) is 12.8 Å². The number of aliphatic imine (C=N–C) groups is 6. The fourth-order valence-electron chi connectivity index (χ4n) is 1.49. The van der Waals surface area contributed by atoms with Crippen LogP contribution in [-0.2, 0) is 28.8 Å². The van der Waals surface area contributed by atoms with Crippen molar-refractivity contribution in [2.75, 3.05) is 39.3 Å². The zero-order valence-electron chi connectivity index (χ0n) is 16.6. The van der Waals surface area contributed by atoms with Crippen LogP contribution in [0.2, 0.25) is 0 Å². The lowest BCUT2D eigenvalue weighted by Gasteiger charge is -1.93. The third-order valence-electron chi connectivity index (χ3n) is 2.79. The molecule has 0 aliphatic heterocycles. The fraction of sp³-hybridized carbons (Fsp3) is 0.667. The van der Waals surface area contributed by atoms with Crippen molar-refractivity contribution in [3.8, 4) is 0 Å². The second-order valence-electron chi connectivity index (χ2n) is 4.96. The quantitative estimate of drug-likeness (QED) is 0.219. The lowest BCUT2D eigenvalue weighted by atomic mass is 10.2. The first-order chi connectivity index (χ1) is 14.7. The van der Waals surface area contributed by atoms with Crippen LogP contribution in [0.1, 0.15) is 38.5 Å². The summed E-state index contributed by atoms with van der Waals surface area (Å²) in [5.74, 6) is 0. The van der Waals surface area contributed by atoms with Gasteiger partial charge in [0.2, 0.25) is 36.5 Å². The third-order valence-corrected chi connectivity index (χ3v) is 2.79. The average Bonchev–Trinajstić information content (AvgIpc) is 2.77. The molecule has 0 aromatic heterocycles. The molecule has 0 heterocycles. The molecule has 0 saturated heterocycles. The fourth-order valence-corrected chi connectivity index (χ4v) is 1.49. The van der Waals surface area contributed by atoms with E-state index in [9.17, 15) is 28.8 Å². The van der Waals surface area contributed by atoms with Gasteiger partial charge in [-0.25, -0.2) is 58.7 Å². The highest BCUT2D eigenvalue weighted by molar-refractivity contribution is 5.34. The van der Waals surface area contributed by atoms with Gasteiger partial charge in [0.15, 0.2) is 0 Å². The molecule has 0 fully saturated rings. The van der Waals surface area contributed by atoms with E-state index in [0.29, 0.717) is 26.2 Å². The van der Waals surface area contributed by atoms with E-state index in [0.717, 1.165) is 38.5 Å². The van der Waals surface area contributed by atoms with Crippen molar-refractivity contribution in [2.24, 2.45) is 30.0 Å². The Morgan fingerprint density at radius 2 is 0.500 bits per heavy atom. The van der Waals surface area contributed by atoms with Gasteiger partial charge in [-0.05, 0) is 25.7 Å². The highest BCUT2D eigenvalue weighted by atomic mass is 16.1. The number of rotatable bonds is 15. The third kappa shape index (κ3) is 44.1. The molecule has 0 radical (unpaired) electrons. The van der Waals surface area contributed by atoms with Crippen LogP contribution >= 0.6 is 0 Å². The molecule has 12 nitrogen and oxygen atoms in total. The van der Waals surface area contributed by atoms with E-state index >= 15 is 0 Å². The Kier molecular flexibility index (Phi) is 37.4. The molecule has 0 aliphatic rings. The van der Waals surface area contributed by atoms with Gasteiger partial charge in [-0.3, -0.25) is 0 Å². The van der Waals surface area contributed by atoms with Gasteiger partial charge >= 0.3 is 0 Å². The predicted molar refractivity (Wildman–Crippen MR) is 106 cm³/mol. The summed E-state index contributed by atoms with van der Waals surface area (Å²) in [7, 11) is 0. The summed E-state index contributed by atoms with van der Waals surface area (Å²) in [6.45, 7) is 2.49. The topological polar surface area (TPSA) is 177 Å². The number of hydrogen-bond acceptors (Lipinski definition) is 12. The Labute approximate surface area is 173 Å². The van der Waals surface area contributed by atoms with Crippen LogP contribution in [0.15, 0.2) is 30.0 Å². The summed E-state index contributed by atoms with van der Waals surface area (Å²) in [5.41, 5.74) is 0. The predicted octanol–water partition coefficient (Wildman–Crippen LogP) is 1.31. The van der Waals surface area contributed by atoms with Gasteiger partial charge in [0.1, 0.15) is 0 Å². The molecule has 0 N–H and O–H groups in total. The van der Waals surface area contributed by atoms with Gasteiger partial charge < -0.3 is 0 Å². The summed E-state index contributed by atoms with van der Waals surface area (Å²) < 4.78 is 0. The van der Waals surface area contributed by atoms with E-state index in [2.05, 4.69) is 30.0 Å². The Bertz CT molecular complexity index is 630. The molecule has 162 valence electrons. The van der Waals surface area contributed by atoms with Crippen molar-refractivity contribution < 1.29 is 28.8 Å². The lowest BCUT2D eigenvalue weighted by Crippen LogP contribution is -1.84. The Morgan fingerprint density at radius 3 is 0.733 bits per heavy atom. The summed E-state index contributed by atoms with van der Waals surface area (Å²) >= 11 is 0. The van der Waals surface area contributed by atoms with Crippen molar-refractivity contribution in [1.82, 2.24) is 0 Å². The maximum Gasteiger partial charge on any atom is 0.235 e. The van der Waals surface area contributed by atoms with E-state index in [1.165, 1.54) is 36.5 Å². The first kappa shape index (κ1) is 31.0. The zero-order valence-corrected chi connectivity index (χ0v) is 16.6. The smallest absolute Gasteiger partial charge is 0.211 e. The number of isocyanates is 6. The normalized spacial score (nSPS) is 7.60. The number of hydrogen-bond donors (Lipinski definition) is 0. The average molecular weight is 420 g/mol. The minimum Gasteiger partial charge on any atom is -0.211 e. The molecular formula is C18H24N6O6. The summed E-state index contributed by atoms with van der Waals surface area (Å²) in [6.07, 6.45) is 13.8. The Hall–Kier alpha value is -3.72. The van der Waals surface area contributed by atoms with Crippen molar-refractivity contribution >= 4 is 36.5 Å². The van der Waals surface area contributed by atoms with Crippen LogP contribution in [0, 0.1) is 0 Å². The van der Waals surface area contributed by atoms with Crippen LogP contribution in [0.5, 0.6) is 0 Å². The van der Waals surface area contributed by atoms with Crippen molar-refractivity contribution in [3.05, 3.63) is 0 Å². The summed E-state index contributed by atoms with van der Waals surface area (Å²) in [5, 5.41) is 0. The van der Waals surface area contributed by atoms with Crippen LogP contribution < -0.4 is 0 Å². The molecule has 0 rings (SSSR count). The highest BCUT2D eigenvalue weighted by Gasteiger charge is 1.88. The maximum atomic E-state index is 9.63. The van der Waals surface area contributed by atoms with Gasteiger partial charge in [0.05, 0.1) is 39.3 Å². The SMILES string of the molecule is O=C=NCCCCCCN=C=O.O=C=NCCCCN=C=O.O=C=NCCN=C=O. The molecule has 0 saturated carbocycles. The molecule has 12 heteroatoms. The second kappa shape index (κ2) is 36.2. The van der Waals surface area contributed by atoms with Gasteiger partial charge in [-0.15, -0.1) is 0 Å². The van der Waals surface area contributed by atoms with E-state index in [1.807, 2.05) is 0 Å². The summed E-state index contributed by atoms with van der Waals surface area (Å²) in [4.78, 5) is 76.7. The molecule has 0 unspecified atom stereocenters. The van der Waals surface area contributed by atoms with Gasteiger partial charge in [-0.2, -0.15) is 0 Å². The van der Waals surface area contributed by atoms with Crippen molar-refractivity contribution in [2.45, 2.75) is 38.5 Å². The van der Waals surface area contributed by atoms with E-state index in [-0.39, 0.29) is 13.1 Å². The maximum absolute atomic E-state index is 9.63. The molecule has 0 aliphatic carbocycles. The summed E-state index contributed by atoms with van der Waals surface area (Å²) in [6, 6.07) is 0. The van der Waals surface area contributed by atoms with Crippen molar-refractivity contribution in [3.63, 3.8) is 0 Å². The standard InChI is InChI=1S/C8H12N2O2.C6H8N2O2.C4H4N2O2/c11-7-9-5-3-1-2-4-6-10-8-12;9-5-7-3-1-2-4-8-6-10;7-3-5-1-2-6-4-8/h1-6H2;1-4H2;1-2H2. The van der Waals surface area contributed by atoms with Crippen LogP contribution in [0.3, 0.4) is 0 Å². The highest BCUT2D eigenvalue weighted by Crippen LogP contribution is 1.99.